The Hall–Kier alpha value is -3.39. The summed E-state index contributed by atoms with van der Waals surface area (Å²) < 4.78 is 7.41. The average Bonchev–Trinajstić information content (AvgIpc) is 3.21. The number of carbonyl (C=O) groups excluding carboxylic acids is 1. The van der Waals surface area contributed by atoms with Gasteiger partial charge in [0.05, 0.1) is 30.3 Å². The molecule has 3 N–H and O–H groups in total. The van der Waals surface area contributed by atoms with Crippen molar-refractivity contribution in [2.75, 3.05) is 36.5 Å². The lowest BCUT2D eigenvalue weighted by Gasteiger charge is -2.32. The molecule has 0 radical (unpaired) electrons. The van der Waals surface area contributed by atoms with E-state index < -0.39 is 5.91 Å². The van der Waals surface area contributed by atoms with Crippen LogP contribution in [0.3, 0.4) is 0 Å². The van der Waals surface area contributed by atoms with Gasteiger partial charge in [0, 0.05) is 25.7 Å². The van der Waals surface area contributed by atoms with Gasteiger partial charge >= 0.3 is 0 Å². The van der Waals surface area contributed by atoms with E-state index >= 15 is 0 Å². The van der Waals surface area contributed by atoms with Gasteiger partial charge in [0.25, 0.3) is 5.91 Å². The van der Waals surface area contributed by atoms with E-state index in [1.807, 2.05) is 16.4 Å². The number of rotatable bonds is 5. The van der Waals surface area contributed by atoms with Gasteiger partial charge in [-0.2, -0.15) is 0 Å². The molecule has 2 aromatic heterocycles. The quantitative estimate of drug-likeness (QED) is 0.638. The molecule has 0 atom stereocenters. The topological polar surface area (TPSA) is 102 Å². The average molecular weight is 434 g/mol. The summed E-state index contributed by atoms with van der Waals surface area (Å²) in [6.07, 6.45) is 3.55. The second-order valence-electron chi connectivity index (χ2n) is 8.34. The fourth-order valence-corrected chi connectivity index (χ4v) is 4.93. The van der Waals surface area contributed by atoms with Gasteiger partial charge in [-0.1, -0.05) is 24.3 Å². The number of hydrogen-bond acceptors (Lipinski definition) is 6. The fraction of sp³-hybridized carbons (Fsp3) is 0.375. The summed E-state index contributed by atoms with van der Waals surface area (Å²) >= 11 is 0. The number of morpholine rings is 1. The van der Waals surface area contributed by atoms with E-state index in [0.29, 0.717) is 55.4 Å². The maximum absolute atomic E-state index is 13.4. The number of nitrogens with one attached hydrogen (secondary N) is 1. The molecule has 2 aliphatic rings. The van der Waals surface area contributed by atoms with Crippen molar-refractivity contribution in [3.05, 3.63) is 63.4 Å². The van der Waals surface area contributed by atoms with Gasteiger partial charge in [-0.3, -0.25) is 9.59 Å². The maximum Gasteiger partial charge on any atom is 0.256 e. The van der Waals surface area contributed by atoms with Crippen LogP contribution in [0.5, 0.6) is 0 Å². The van der Waals surface area contributed by atoms with Gasteiger partial charge in [0.1, 0.15) is 17.2 Å². The van der Waals surface area contributed by atoms with E-state index in [2.05, 4.69) is 34.6 Å². The van der Waals surface area contributed by atoms with Crippen LogP contribution in [-0.2, 0) is 24.1 Å². The first-order valence-electron chi connectivity index (χ1n) is 11.1. The number of anilines is 2. The Morgan fingerprint density at radius 2 is 1.91 bits per heavy atom. The number of aryl methyl sites for hydroxylation is 1. The Kier molecular flexibility index (Phi) is 5.30. The monoisotopic (exact) mass is 433 g/mol. The van der Waals surface area contributed by atoms with E-state index in [9.17, 15) is 9.59 Å². The predicted octanol–water partition coefficient (Wildman–Crippen LogP) is 1.93. The molecule has 1 aliphatic carbocycles. The number of ether oxygens (including phenoxy) is 1. The smallest absolute Gasteiger partial charge is 0.256 e. The van der Waals surface area contributed by atoms with Gasteiger partial charge in [-0.15, -0.1) is 0 Å². The molecule has 166 valence electrons. The Labute approximate surface area is 186 Å². The molecule has 0 unspecified atom stereocenters. The summed E-state index contributed by atoms with van der Waals surface area (Å²) in [4.78, 5) is 32.5. The number of nitrogens with zero attached hydrogens (tertiary/aromatic N) is 3. The number of benzene rings is 1. The van der Waals surface area contributed by atoms with E-state index in [0.717, 1.165) is 12.8 Å². The highest BCUT2D eigenvalue weighted by Gasteiger charge is 2.27. The minimum absolute atomic E-state index is 0.0340. The first-order valence-corrected chi connectivity index (χ1v) is 11.1. The third-order valence-corrected chi connectivity index (χ3v) is 6.40. The molecule has 1 amide bonds. The molecule has 0 spiro atoms. The van der Waals surface area contributed by atoms with Crippen LogP contribution < -0.4 is 21.4 Å². The number of carbonyl (C=O) groups is 1. The van der Waals surface area contributed by atoms with Crippen molar-refractivity contribution in [3.63, 3.8) is 0 Å². The van der Waals surface area contributed by atoms with Crippen LogP contribution in [0.15, 0.2) is 41.3 Å². The molecular weight excluding hydrogens is 406 g/mol. The zero-order chi connectivity index (χ0) is 22.2. The normalized spacial score (nSPS) is 16.3. The van der Waals surface area contributed by atoms with Crippen LogP contribution in [0, 0.1) is 0 Å². The molecule has 8 heteroatoms. The number of aromatic nitrogens is 2. The minimum atomic E-state index is -0.710. The number of pyridine rings is 2. The van der Waals surface area contributed by atoms with Gasteiger partial charge in [0.15, 0.2) is 0 Å². The van der Waals surface area contributed by atoms with E-state index in [-0.39, 0.29) is 17.0 Å². The summed E-state index contributed by atoms with van der Waals surface area (Å²) in [6.45, 7) is 4.84. The van der Waals surface area contributed by atoms with Gasteiger partial charge in [-0.05, 0) is 37.0 Å². The molecule has 3 aromatic rings. The Morgan fingerprint density at radius 1 is 1.22 bits per heavy atom. The molecule has 32 heavy (non-hydrogen) atoms. The molecule has 1 aromatic carbocycles. The van der Waals surface area contributed by atoms with Crippen molar-refractivity contribution in [3.8, 4) is 0 Å². The lowest BCUT2D eigenvalue weighted by atomic mass is 10.1. The van der Waals surface area contributed by atoms with E-state index in [1.54, 1.807) is 12.3 Å². The second kappa shape index (κ2) is 8.27. The number of fused-ring (bicyclic) bond motifs is 2. The van der Waals surface area contributed by atoms with Crippen molar-refractivity contribution in [2.45, 2.75) is 32.4 Å². The van der Waals surface area contributed by atoms with Crippen LogP contribution in [-0.4, -0.2) is 47.8 Å². The summed E-state index contributed by atoms with van der Waals surface area (Å²) in [5.41, 5.74) is 8.77. The zero-order valence-corrected chi connectivity index (χ0v) is 18.1. The summed E-state index contributed by atoms with van der Waals surface area (Å²) in [5.74, 6) is 0.484. The molecule has 0 bridgehead atoms. The lowest BCUT2D eigenvalue weighted by Crippen LogP contribution is -2.41. The van der Waals surface area contributed by atoms with Crippen molar-refractivity contribution in [2.24, 2.45) is 5.73 Å². The Balaban J connectivity index is 1.57. The lowest BCUT2D eigenvalue weighted by molar-refractivity contribution is 0.0996. The third kappa shape index (κ3) is 3.50. The Morgan fingerprint density at radius 3 is 2.53 bits per heavy atom. The van der Waals surface area contributed by atoms with Crippen molar-refractivity contribution >= 4 is 28.4 Å². The molecule has 1 aliphatic heterocycles. The van der Waals surface area contributed by atoms with Crippen LogP contribution in [0.2, 0.25) is 0 Å². The molecule has 5 rings (SSSR count). The first kappa shape index (κ1) is 20.5. The number of amides is 1. The van der Waals surface area contributed by atoms with Crippen LogP contribution in [0.25, 0.3) is 10.9 Å². The van der Waals surface area contributed by atoms with Gasteiger partial charge in [-0.25, -0.2) is 4.98 Å². The van der Waals surface area contributed by atoms with Crippen LogP contribution in [0.4, 0.5) is 11.6 Å². The summed E-state index contributed by atoms with van der Waals surface area (Å²) in [6, 6.07) is 10.4. The second-order valence-corrected chi connectivity index (χ2v) is 8.34. The van der Waals surface area contributed by atoms with Crippen molar-refractivity contribution < 1.29 is 9.53 Å². The van der Waals surface area contributed by atoms with Crippen molar-refractivity contribution in [1.29, 1.82) is 0 Å². The molecule has 0 saturated carbocycles. The molecule has 3 heterocycles. The highest BCUT2D eigenvalue weighted by Crippen LogP contribution is 2.28. The predicted molar refractivity (Wildman–Crippen MR) is 124 cm³/mol. The molecular formula is C24H27N5O3. The van der Waals surface area contributed by atoms with E-state index in [4.69, 9.17) is 10.5 Å². The minimum Gasteiger partial charge on any atom is -0.378 e. The highest BCUT2D eigenvalue weighted by molar-refractivity contribution is 6.02. The van der Waals surface area contributed by atoms with E-state index in [1.165, 1.54) is 11.1 Å². The number of hydrogen-bond donors (Lipinski definition) is 2. The highest BCUT2D eigenvalue weighted by atomic mass is 16.5. The SMILES string of the molecule is CCn1c(N2CCOCC2)c(C(N)=O)c(=O)c2cc(NC3Cc4ccccc4C3)ncc21. The summed E-state index contributed by atoms with van der Waals surface area (Å²) in [7, 11) is 0. The Bertz CT molecular complexity index is 1220. The maximum atomic E-state index is 13.4. The third-order valence-electron chi connectivity index (χ3n) is 6.40. The standard InChI is InChI=1S/C24H27N5O3/c1-2-29-19-14-26-20(27-17-11-15-5-3-4-6-16(15)12-17)13-18(19)22(30)21(23(25)31)24(29)28-7-9-32-10-8-28/h3-6,13-14,17H,2,7-12H2,1H3,(H2,25,31)(H,26,27). The molecule has 8 nitrogen and oxygen atoms in total. The van der Waals surface area contributed by atoms with Crippen LogP contribution >= 0.6 is 0 Å². The first-order chi connectivity index (χ1) is 15.6. The van der Waals surface area contributed by atoms with Gasteiger partial charge < -0.3 is 25.3 Å². The number of nitrogens with two attached hydrogens (primary N) is 1. The zero-order valence-electron chi connectivity index (χ0n) is 18.1. The number of primary amides is 1. The molecule has 1 fully saturated rings. The van der Waals surface area contributed by atoms with Crippen LogP contribution in [0.1, 0.15) is 28.4 Å². The fourth-order valence-electron chi connectivity index (χ4n) is 4.93. The molecule has 1 saturated heterocycles. The largest absolute Gasteiger partial charge is 0.378 e. The van der Waals surface area contributed by atoms with Crippen molar-refractivity contribution in [1.82, 2.24) is 9.55 Å². The summed E-state index contributed by atoms with van der Waals surface area (Å²) in [5, 5.41) is 3.92. The van der Waals surface area contributed by atoms with Gasteiger partial charge in [0.2, 0.25) is 5.43 Å².